The van der Waals surface area contributed by atoms with E-state index in [4.69, 9.17) is 4.99 Å². The third-order valence-electron chi connectivity index (χ3n) is 7.24. The summed E-state index contributed by atoms with van der Waals surface area (Å²) in [7, 11) is 0. The molecule has 0 spiro atoms. The lowest BCUT2D eigenvalue weighted by molar-refractivity contribution is 0.190. The zero-order valence-electron chi connectivity index (χ0n) is 20.4. The van der Waals surface area contributed by atoms with Crippen LogP contribution in [-0.4, -0.2) is 53.8 Å². The minimum absolute atomic E-state index is 0.0723. The van der Waals surface area contributed by atoms with Gasteiger partial charge in [0.25, 0.3) is 0 Å². The van der Waals surface area contributed by atoms with Gasteiger partial charge in [0.15, 0.2) is 0 Å². The first-order chi connectivity index (χ1) is 17.6. The number of nitrogens with zero attached hydrogens (tertiary/aromatic N) is 3. The topological polar surface area (TPSA) is 47.9 Å². The lowest BCUT2D eigenvalue weighted by Crippen LogP contribution is -2.48. The van der Waals surface area contributed by atoms with E-state index in [1.165, 1.54) is 24.3 Å². The normalized spacial score (nSPS) is 19.2. The summed E-state index contributed by atoms with van der Waals surface area (Å²) in [4.78, 5) is 21.6. The van der Waals surface area contributed by atoms with Crippen molar-refractivity contribution in [3.8, 4) is 0 Å². The van der Waals surface area contributed by atoms with Crippen LogP contribution in [0.3, 0.4) is 0 Å². The van der Waals surface area contributed by atoms with E-state index in [0.29, 0.717) is 0 Å². The Bertz CT molecular complexity index is 1160. The van der Waals surface area contributed by atoms with Gasteiger partial charge in [-0.05, 0) is 80.5 Å². The predicted molar refractivity (Wildman–Crippen MR) is 139 cm³/mol. The number of likely N-dealkylation sites (tertiary alicyclic amines) is 2. The van der Waals surface area contributed by atoms with E-state index >= 15 is 0 Å². The monoisotopic (exact) mass is 490 g/mol. The number of carbonyl (C=O) groups excluding carboxylic acids is 1. The van der Waals surface area contributed by atoms with Gasteiger partial charge >= 0.3 is 6.03 Å². The summed E-state index contributed by atoms with van der Waals surface area (Å²) in [6.07, 6.45) is 9.73. The first-order valence-electron chi connectivity index (χ1n) is 12.9. The highest BCUT2D eigenvalue weighted by atomic mass is 19.1. The van der Waals surface area contributed by atoms with Gasteiger partial charge in [0, 0.05) is 55.3 Å². The van der Waals surface area contributed by atoms with Crippen molar-refractivity contribution in [1.29, 1.82) is 0 Å². The Morgan fingerprint density at radius 2 is 1.47 bits per heavy atom. The molecular weight excluding hydrogens is 458 g/mol. The maximum Gasteiger partial charge on any atom is 0.317 e. The van der Waals surface area contributed by atoms with Gasteiger partial charge in [-0.1, -0.05) is 18.2 Å². The number of halogens is 2. The van der Waals surface area contributed by atoms with Crippen LogP contribution in [0.5, 0.6) is 0 Å². The first kappa shape index (κ1) is 24.2. The van der Waals surface area contributed by atoms with Gasteiger partial charge < -0.3 is 15.1 Å². The second-order valence-electron chi connectivity index (χ2n) is 9.67. The highest BCUT2D eigenvalue weighted by Crippen LogP contribution is 2.28. The number of rotatable bonds is 4. The number of amides is 2. The molecule has 0 saturated carbocycles. The second-order valence-corrected chi connectivity index (χ2v) is 9.67. The molecule has 2 amide bonds. The van der Waals surface area contributed by atoms with Crippen molar-refractivity contribution < 1.29 is 13.6 Å². The van der Waals surface area contributed by atoms with Crippen LogP contribution in [-0.2, 0) is 0 Å². The molecule has 2 aromatic rings. The summed E-state index contributed by atoms with van der Waals surface area (Å²) in [5.74, 6) is -0.582. The number of aliphatic imine (C=N–C) groups is 1. The molecular formula is C29H32F2N4O. The third-order valence-corrected chi connectivity index (χ3v) is 7.24. The average molecular weight is 491 g/mol. The van der Waals surface area contributed by atoms with E-state index in [1.54, 1.807) is 24.3 Å². The van der Waals surface area contributed by atoms with E-state index in [0.717, 1.165) is 92.8 Å². The van der Waals surface area contributed by atoms with Crippen molar-refractivity contribution in [1.82, 2.24) is 15.1 Å². The summed E-state index contributed by atoms with van der Waals surface area (Å²) in [6.45, 7) is 3.46. The largest absolute Gasteiger partial charge is 0.373 e. The van der Waals surface area contributed by atoms with Crippen LogP contribution in [0.4, 0.5) is 13.6 Å². The van der Waals surface area contributed by atoms with Crippen LogP contribution < -0.4 is 5.32 Å². The summed E-state index contributed by atoms with van der Waals surface area (Å²) in [5.41, 5.74) is 4.51. The van der Waals surface area contributed by atoms with Crippen LogP contribution in [0.1, 0.15) is 49.7 Å². The summed E-state index contributed by atoms with van der Waals surface area (Å²) >= 11 is 0. The molecule has 3 heterocycles. The molecule has 2 saturated heterocycles. The van der Waals surface area contributed by atoms with Gasteiger partial charge in [0.05, 0.1) is 5.71 Å². The number of nitrogens with one attached hydrogen (secondary N) is 1. The van der Waals surface area contributed by atoms with Gasteiger partial charge in [-0.15, -0.1) is 0 Å². The SMILES string of the molecule is O=C(NC1CCN(C2=CN=C(c3ccc(F)cc3)C(c3ccc(F)cc3)=CCC2)CC1)N1CCCC1. The summed E-state index contributed by atoms with van der Waals surface area (Å²) in [5, 5.41) is 3.21. The summed E-state index contributed by atoms with van der Waals surface area (Å²) in [6, 6.07) is 13.0. The molecule has 36 heavy (non-hydrogen) atoms. The van der Waals surface area contributed by atoms with Crippen LogP contribution in [0.15, 0.2) is 71.5 Å². The number of urea groups is 1. The molecule has 0 atom stereocenters. The van der Waals surface area contributed by atoms with E-state index in [1.807, 2.05) is 11.1 Å². The smallest absolute Gasteiger partial charge is 0.317 e. The maximum atomic E-state index is 13.6. The fourth-order valence-corrected chi connectivity index (χ4v) is 5.19. The minimum Gasteiger partial charge on any atom is -0.373 e. The quantitative estimate of drug-likeness (QED) is 0.594. The standard InChI is InChI=1S/C29H32F2N4O/c30-23-10-6-21(7-11-23)27-5-3-4-26(20-32-28(27)22-8-12-24(31)13-9-22)34-18-14-25(15-19-34)33-29(36)35-16-1-2-17-35/h5-13,20,25H,1-4,14-19H2,(H,33,36). The maximum absolute atomic E-state index is 13.6. The molecule has 1 N–H and O–H groups in total. The van der Waals surface area contributed by atoms with E-state index < -0.39 is 0 Å². The zero-order valence-corrected chi connectivity index (χ0v) is 20.4. The fourth-order valence-electron chi connectivity index (χ4n) is 5.19. The van der Waals surface area contributed by atoms with Gasteiger partial charge in [0.1, 0.15) is 11.6 Å². The Morgan fingerprint density at radius 3 is 2.11 bits per heavy atom. The zero-order chi connectivity index (χ0) is 24.9. The van der Waals surface area contributed by atoms with Gasteiger partial charge in [0.2, 0.25) is 0 Å². The first-order valence-corrected chi connectivity index (χ1v) is 12.9. The molecule has 2 fully saturated rings. The molecule has 7 heteroatoms. The number of carbonyl (C=O) groups is 1. The number of hydrogen-bond donors (Lipinski definition) is 1. The molecule has 3 aliphatic heterocycles. The lowest BCUT2D eigenvalue weighted by Gasteiger charge is -2.36. The molecule has 5 nitrogen and oxygen atoms in total. The number of piperidine rings is 1. The van der Waals surface area contributed by atoms with Gasteiger partial charge in [-0.25, -0.2) is 13.6 Å². The molecule has 2 aromatic carbocycles. The number of benzene rings is 2. The van der Waals surface area contributed by atoms with Crippen molar-refractivity contribution in [3.63, 3.8) is 0 Å². The Morgan fingerprint density at radius 1 is 0.861 bits per heavy atom. The van der Waals surface area contributed by atoms with Gasteiger partial charge in [-0.2, -0.15) is 0 Å². The lowest BCUT2D eigenvalue weighted by atomic mass is 9.93. The van der Waals surface area contributed by atoms with Crippen molar-refractivity contribution in [2.24, 2.45) is 4.99 Å². The van der Waals surface area contributed by atoms with E-state index in [9.17, 15) is 13.6 Å². The molecule has 0 aliphatic carbocycles. The highest BCUT2D eigenvalue weighted by Gasteiger charge is 2.25. The van der Waals surface area contributed by atoms with Crippen molar-refractivity contribution in [2.75, 3.05) is 26.2 Å². The Labute approximate surface area is 211 Å². The Hall–Kier alpha value is -3.48. The number of hydrogen-bond acceptors (Lipinski definition) is 3. The molecule has 3 aliphatic rings. The van der Waals surface area contributed by atoms with Crippen molar-refractivity contribution in [3.05, 3.63) is 89.3 Å². The fraction of sp³-hybridized carbons (Fsp3) is 0.379. The summed E-state index contributed by atoms with van der Waals surface area (Å²) < 4.78 is 27.2. The molecule has 0 radical (unpaired) electrons. The predicted octanol–water partition coefficient (Wildman–Crippen LogP) is 5.74. The van der Waals surface area contributed by atoms with Crippen molar-refractivity contribution in [2.45, 2.75) is 44.6 Å². The van der Waals surface area contributed by atoms with Crippen LogP contribution in [0.25, 0.3) is 5.57 Å². The van der Waals surface area contributed by atoms with Crippen LogP contribution in [0, 0.1) is 11.6 Å². The van der Waals surface area contributed by atoms with E-state index in [-0.39, 0.29) is 23.7 Å². The van der Waals surface area contributed by atoms with Crippen LogP contribution >= 0.6 is 0 Å². The van der Waals surface area contributed by atoms with Crippen molar-refractivity contribution >= 4 is 17.3 Å². The molecule has 0 aromatic heterocycles. The average Bonchev–Trinajstić information content (AvgIpc) is 3.42. The van der Waals surface area contributed by atoms with E-state index in [2.05, 4.69) is 16.3 Å². The number of allylic oxidation sites excluding steroid dienone is 3. The molecule has 188 valence electrons. The molecule has 0 bridgehead atoms. The van der Waals surface area contributed by atoms with Crippen LogP contribution in [0.2, 0.25) is 0 Å². The minimum atomic E-state index is -0.298. The molecule has 0 unspecified atom stereocenters. The Balaban J connectivity index is 1.33. The molecule has 5 rings (SSSR count). The third kappa shape index (κ3) is 5.66. The second kappa shape index (κ2) is 11.1. The highest BCUT2D eigenvalue weighted by molar-refractivity contribution is 6.32. The van der Waals surface area contributed by atoms with Gasteiger partial charge in [-0.3, -0.25) is 4.99 Å². The Kier molecular flexibility index (Phi) is 7.44.